The van der Waals surface area contributed by atoms with Crippen LogP contribution in [0.15, 0.2) is 48.5 Å². The van der Waals surface area contributed by atoms with E-state index in [0.717, 1.165) is 28.8 Å². The van der Waals surface area contributed by atoms with Gasteiger partial charge < -0.3 is 9.67 Å². The summed E-state index contributed by atoms with van der Waals surface area (Å²) in [7, 11) is 0. The van der Waals surface area contributed by atoms with Gasteiger partial charge in [-0.2, -0.15) is 0 Å². The van der Waals surface area contributed by atoms with Gasteiger partial charge in [0.05, 0.1) is 23.0 Å². The number of benzene rings is 2. The average molecular weight is 336 g/mol. The summed E-state index contributed by atoms with van der Waals surface area (Å²) in [5, 5.41) is 9.43. The molecule has 4 heteroatoms. The normalized spacial score (nSPS) is 13.7. The predicted octanol–water partition coefficient (Wildman–Crippen LogP) is 4.61. The number of carboxylic acids is 1. The van der Waals surface area contributed by atoms with Crippen molar-refractivity contribution in [3.05, 3.63) is 65.5 Å². The van der Waals surface area contributed by atoms with Crippen LogP contribution < -0.4 is 0 Å². The average Bonchev–Trinajstić information content (AvgIpc) is 2.97. The van der Waals surface area contributed by atoms with Crippen molar-refractivity contribution in [2.45, 2.75) is 39.7 Å². The van der Waals surface area contributed by atoms with Crippen LogP contribution in [0.4, 0.5) is 0 Å². The second kappa shape index (κ2) is 7.09. The minimum Gasteiger partial charge on any atom is -0.481 e. The lowest BCUT2D eigenvalue weighted by molar-refractivity contribution is -0.141. The Morgan fingerprint density at radius 3 is 2.56 bits per heavy atom. The molecule has 2 unspecified atom stereocenters. The second-order valence-electron chi connectivity index (χ2n) is 6.65. The van der Waals surface area contributed by atoms with Crippen LogP contribution in [0.3, 0.4) is 0 Å². The van der Waals surface area contributed by atoms with Crippen molar-refractivity contribution >= 4 is 17.0 Å². The Kier molecular flexibility index (Phi) is 4.88. The molecule has 0 aliphatic heterocycles. The van der Waals surface area contributed by atoms with Crippen molar-refractivity contribution < 1.29 is 9.90 Å². The van der Waals surface area contributed by atoms with E-state index in [1.807, 2.05) is 24.3 Å². The third-order valence-electron chi connectivity index (χ3n) is 4.73. The van der Waals surface area contributed by atoms with Crippen molar-refractivity contribution in [1.82, 2.24) is 9.55 Å². The Morgan fingerprint density at radius 1 is 1.20 bits per heavy atom. The standard InChI is InChI=1S/C21H24N2O2/c1-4-20-22-17-11-10-14(2)12-19(17)23(20)18(13-15(3)21(24)25)16-8-6-5-7-9-16/h5-12,15,18H,4,13H2,1-3H3,(H,24,25). The Balaban J connectivity index is 2.20. The van der Waals surface area contributed by atoms with Crippen LogP contribution in [-0.4, -0.2) is 20.6 Å². The number of rotatable bonds is 6. The first-order valence-electron chi connectivity index (χ1n) is 8.76. The zero-order chi connectivity index (χ0) is 18.0. The molecule has 0 spiro atoms. The molecule has 0 radical (unpaired) electrons. The van der Waals surface area contributed by atoms with Crippen molar-refractivity contribution in [2.75, 3.05) is 0 Å². The molecule has 0 aliphatic rings. The van der Waals surface area contributed by atoms with Gasteiger partial charge in [-0.3, -0.25) is 4.79 Å². The van der Waals surface area contributed by atoms with Crippen molar-refractivity contribution in [3.63, 3.8) is 0 Å². The van der Waals surface area contributed by atoms with E-state index in [2.05, 4.69) is 42.7 Å². The van der Waals surface area contributed by atoms with Gasteiger partial charge in [-0.05, 0) is 36.6 Å². The lowest BCUT2D eigenvalue weighted by Crippen LogP contribution is -2.20. The molecule has 4 nitrogen and oxygen atoms in total. The summed E-state index contributed by atoms with van der Waals surface area (Å²) in [6.45, 7) is 5.93. The van der Waals surface area contributed by atoms with E-state index in [9.17, 15) is 9.90 Å². The summed E-state index contributed by atoms with van der Waals surface area (Å²) in [6, 6.07) is 16.3. The summed E-state index contributed by atoms with van der Waals surface area (Å²) >= 11 is 0. The van der Waals surface area contributed by atoms with Crippen LogP contribution in [0, 0.1) is 12.8 Å². The van der Waals surface area contributed by atoms with Gasteiger partial charge in [0.1, 0.15) is 5.82 Å². The molecular weight excluding hydrogens is 312 g/mol. The first kappa shape index (κ1) is 17.2. The Bertz CT molecular complexity index is 884. The number of hydrogen-bond acceptors (Lipinski definition) is 2. The van der Waals surface area contributed by atoms with Crippen molar-refractivity contribution in [2.24, 2.45) is 5.92 Å². The molecule has 0 bridgehead atoms. The minimum absolute atomic E-state index is 0.0472. The highest BCUT2D eigenvalue weighted by atomic mass is 16.4. The molecule has 2 atom stereocenters. The van der Waals surface area contributed by atoms with Gasteiger partial charge >= 0.3 is 5.97 Å². The lowest BCUT2D eigenvalue weighted by Gasteiger charge is -2.24. The molecule has 0 aliphatic carbocycles. The molecule has 0 saturated heterocycles. The topological polar surface area (TPSA) is 55.1 Å². The third kappa shape index (κ3) is 3.43. The molecule has 130 valence electrons. The summed E-state index contributed by atoms with van der Waals surface area (Å²) in [6.07, 6.45) is 1.34. The van der Waals surface area contributed by atoms with E-state index in [-0.39, 0.29) is 6.04 Å². The first-order valence-corrected chi connectivity index (χ1v) is 8.76. The number of fused-ring (bicyclic) bond motifs is 1. The van der Waals surface area contributed by atoms with Crippen LogP contribution in [0.1, 0.15) is 43.3 Å². The minimum atomic E-state index is -0.764. The van der Waals surface area contributed by atoms with Crippen LogP contribution in [-0.2, 0) is 11.2 Å². The van der Waals surface area contributed by atoms with Gasteiger partial charge in [0, 0.05) is 6.42 Å². The smallest absolute Gasteiger partial charge is 0.306 e. The molecule has 1 N–H and O–H groups in total. The highest BCUT2D eigenvalue weighted by molar-refractivity contribution is 5.77. The molecule has 25 heavy (non-hydrogen) atoms. The van der Waals surface area contributed by atoms with E-state index < -0.39 is 11.9 Å². The second-order valence-corrected chi connectivity index (χ2v) is 6.65. The highest BCUT2D eigenvalue weighted by Crippen LogP contribution is 2.32. The van der Waals surface area contributed by atoms with Crippen molar-refractivity contribution in [1.29, 1.82) is 0 Å². The number of aryl methyl sites for hydroxylation is 2. The Morgan fingerprint density at radius 2 is 1.92 bits per heavy atom. The maximum Gasteiger partial charge on any atom is 0.306 e. The summed E-state index contributed by atoms with van der Waals surface area (Å²) < 4.78 is 2.23. The van der Waals surface area contributed by atoms with Crippen LogP contribution >= 0.6 is 0 Å². The van der Waals surface area contributed by atoms with Gasteiger partial charge in [0.2, 0.25) is 0 Å². The molecule has 0 fully saturated rings. The van der Waals surface area contributed by atoms with Crippen LogP contribution in [0.25, 0.3) is 11.0 Å². The maximum absolute atomic E-state index is 11.5. The van der Waals surface area contributed by atoms with Crippen LogP contribution in [0.5, 0.6) is 0 Å². The van der Waals surface area contributed by atoms with E-state index in [4.69, 9.17) is 4.98 Å². The number of aliphatic carboxylic acids is 1. The van der Waals surface area contributed by atoms with E-state index in [1.54, 1.807) is 6.92 Å². The number of imidazole rings is 1. The van der Waals surface area contributed by atoms with Gasteiger partial charge in [-0.1, -0.05) is 50.2 Å². The maximum atomic E-state index is 11.5. The zero-order valence-electron chi connectivity index (χ0n) is 14.9. The van der Waals surface area contributed by atoms with Crippen LogP contribution in [0.2, 0.25) is 0 Å². The van der Waals surface area contributed by atoms with Gasteiger partial charge in [-0.25, -0.2) is 4.98 Å². The number of carboxylic acid groups (broad SMARTS) is 1. The molecule has 0 saturated carbocycles. The number of aromatic nitrogens is 2. The SMILES string of the molecule is CCc1nc2ccc(C)cc2n1C(CC(C)C(=O)O)c1ccccc1. The molecule has 3 rings (SSSR count). The third-order valence-corrected chi connectivity index (χ3v) is 4.73. The fourth-order valence-corrected chi connectivity index (χ4v) is 3.35. The molecule has 2 aromatic carbocycles. The fourth-order valence-electron chi connectivity index (χ4n) is 3.35. The Hall–Kier alpha value is -2.62. The molecular formula is C21H24N2O2. The molecule has 3 aromatic rings. The fraction of sp³-hybridized carbons (Fsp3) is 0.333. The van der Waals surface area contributed by atoms with Gasteiger partial charge in [0.25, 0.3) is 0 Å². The first-order chi connectivity index (χ1) is 12.0. The van der Waals surface area contributed by atoms with E-state index in [0.29, 0.717) is 6.42 Å². The van der Waals surface area contributed by atoms with Gasteiger partial charge in [-0.15, -0.1) is 0 Å². The van der Waals surface area contributed by atoms with E-state index in [1.165, 1.54) is 5.56 Å². The molecule has 1 aromatic heterocycles. The largest absolute Gasteiger partial charge is 0.481 e. The quantitative estimate of drug-likeness (QED) is 0.715. The highest BCUT2D eigenvalue weighted by Gasteiger charge is 2.25. The van der Waals surface area contributed by atoms with Crippen molar-refractivity contribution in [3.8, 4) is 0 Å². The summed E-state index contributed by atoms with van der Waals surface area (Å²) in [4.78, 5) is 16.3. The summed E-state index contributed by atoms with van der Waals surface area (Å²) in [5.74, 6) is -0.205. The molecule has 1 heterocycles. The monoisotopic (exact) mass is 336 g/mol. The Labute approximate surface area is 148 Å². The predicted molar refractivity (Wildman–Crippen MR) is 99.8 cm³/mol. The number of hydrogen-bond donors (Lipinski definition) is 1. The number of carbonyl (C=O) groups is 1. The van der Waals surface area contributed by atoms with Gasteiger partial charge in [0.15, 0.2) is 0 Å². The zero-order valence-corrected chi connectivity index (χ0v) is 14.9. The van der Waals surface area contributed by atoms with E-state index >= 15 is 0 Å². The lowest BCUT2D eigenvalue weighted by atomic mass is 9.95. The molecule has 0 amide bonds. The summed E-state index contributed by atoms with van der Waals surface area (Å²) in [5.41, 5.74) is 4.33. The number of nitrogens with zero attached hydrogens (tertiary/aromatic N) is 2.